The maximum Gasteiger partial charge on any atom is 0.296 e. The first-order valence-electron chi connectivity index (χ1n) is 20.9. The minimum atomic E-state index is -4.98. The summed E-state index contributed by atoms with van der Waals surface area (Å²) in [4.78, 5) is 30.7. The highest BCUT2D eigenvalue weighted by molar-refractivity contribution is 7.86. The zero-order valence-corrected chi connectivity index (χ0v) is 39.9. The van der Waals surface area contributed by atoms with Crippen LogP contribution in [-0.4, -0.2) is 37.8 Å². The van der Waals surface area contributed by atoms with Crippen LogP contribution in [0.2, 0.25) is 0 Å². The molecule has 2 aliphatic rings. The van der Waals surface area contributed by atoms with Gasteiger partial charge in [-0.15, -0.1) is 0 Å². The molecule has 0 unspecified atom stereocenters. The van der Waals surface area contributed by atoms with E-state index in [0.29, 0.717) is 57.6 Å². The summed E-state index contributed by atoms with van der Waals surface area (Å²) in [6.45, 7) is 22.6. The van der Waals surface area contributed by atoms with Crippen molar-refractivity contribution >= 4 is 71.5 Å². The quantitative estimate of drug-likeness (QED) is 0.0580. The summed E-state index contributed by atoms with van der Waals surface area (Å²) in [6.07, 6.45) is 1.24. The second-order valence-electron chi connectivity index (χ2n) is 17.8. The smallest absolute Gasteiger partial charge is 0.296 e. The average Bonchev–Trinajstić information content (AvgIpc) is 3.21. The van der Waals surface area contributed by atoms with E-state index in [9.17, 15) is 35.5 Å². The Morgan fingerprint density at radius 1 is 0.641 bits per heavy atom. The number of nitrogens with one attached hydrogen (secondary N) is 3. The number of benzene rings is 5. The first kappa shape index (κ1) is 47.6. The number of nitrogens with zero attached hydrogens (tertiary/aromatic N) is 1. The lowest BCUT2D eigenvalue weighted by Crippen LogP contribution is -2.30. The van der Waals surface area contributed by atoms with Gasteiger partial charge in [0.1, 0.15) is 21.1 Å². The Morgan fingerprint density at radius 3 is 1.73 bits per heavy atom. The molecule has 0 radical (unpaired) electrons. The number of hydrogen-bond donors (Lipinski definition) is 5. The topological polar surface area (TPSA) is 204 Å². The predicted octanol–water partition coefficient (Wildman–Crippen LogP) is 11.3. The normalized spacial score (nSPS) is 12.8. The molecule has 0 spiro atoms. The molecule has 0 saturated heterocycles. The molecule has 4 aromatic carbocycles. The minimum absolute atomic E-state index is 0.0451. The SMILES string of the molecule is CCC(C)(C)C(=O)Nc1c(C)cc(C)c(/N=c2/ccc3c(-c4ccccc4S(=O)(=O)O)c4cc(S(=O)(=O)O)c(Nc5c(C)cc(C)c(NC(=O)C(C)(C)CC)c5C)cc4oc-3c2)c1C. The van der Waals surface area contributed by atoms with Crippen molar-refractivity contribution in [3.63, 3.8) is 0 Å². The molecule has 4 aromatic rings. The fourth-order valence-electron chi connectivity index (χ4n) is 7.73. The third-order valence-electron chi connectivity index (χ3n) is 12.4. The van der Waals surface area contributed by atoms with Gasteiger partial charge in [-0.3, -0.25) is 18.7 Å². The third kappa shape index (κ3) is 9.21. The molecule has 338 valence electrons. The predicted molar refractivity (Wildman–Crippen MR) is 253 cm³/mol. The number of amides is 2. The Labute approximate surface area is 375 Å². The van der Waals surface area contributed by atoms with Gasteiger partial charge in [0.25, 0.3) is 20.2 Å². The molecule has 1 aliphatic carbocycles. The second-order valence-corrected chi connectivity index (χ2v) is 20.6. The van der Waals surface area contributed by atoms with Crippen LogP contribution in [0.4, 0.5) is 28.4 Å². The molecule has 1 aliphatic heterocycles. The van der Waals surface area contributed by atoms with E-state index in [0.717, 1.165) is 22.3 Å². The van der Waals surface area contributed by atoms with Gasteiger partial charge >= 0.3 is 0 Å². The highest BCUT2D eigenvalue weighted by atomic mass is 32.2. The van der Waals surface area contributed by atoms with Gasteiger partial charge in [0.2, 0.25) is 11.8 Å². The Morgan fingerprint density at radius 2 is 1.17 bits per heavy atom. The van der Waals surface area contributed by atoms with Gasteiger partial charge < -0.3 is 20.4 Å². The van der Waals surface area contributed by atoms with Crippen LogP contribution in [0, 0.1) is 52.4 Å². The second kappa shape index (κ2) is 17.3. The lowest BCUT2D eigenvalue weighted by molar-refractivity contribution is -0.124. The van der Waals surface area contributed by atoms with Crippen LogP contribution in [0.3, 0.4) is 0 Å². The molecule has 2 amide bonds. The Balaban J connectivity index is 1.64. The maximum absolute atomic E-state index is 13.3. The van der Waals surface area contributed by atoms with Gasteiger partial charge in [-0.05, 0) is 112 Å². The molecule has 6 rings (SSSR count). The van der Waals surface area contributed by atoms with Gasteiger partial charge in [-0.2, -0.15) is 16.8 Å². The lowest BCUT2D eigenvalue weighted by atomic mass is 9.88. The number of carbonyl (C=O) groups is 2. The highest BCUT2D eigenvalue weighted by Crippen LogP contribution is 2.45. The van der Waals surface area contributed by atoms with Gasteiger partial charge in [-0.1, -0.05) is 71.9 Å². The minimum Gasteiger partial charge on any atom is -0.456 e. The zero-order chi connectivity index (χ0) is 47.4. The van der Waals surface area contributed by atoms with Crippen LogP contribution in [0.15, 0.2) is 85.9 Å². The maximum atomic E-state index is 13.3. The van der Waals surface area contributed by atoms with Crippen molar-refractivity contribution in [2.24, 2.45) is 15.8 Å². The van der Waals surface area contributed by atoms with E-state index < -0.39 is 40.9 Å². The molecule has 5 N–H and O–H groups in total. The number of hydrogen-bond acceptors (Lipinski definition) is 9. The number of carbonyl (C=O) groups excluding carboxylic acids is 2. The summed E-state index contributed by atoms with van der Waals surface area (Å²) < 4.78 is 80.1. The Hall–Kier alpha value is -5.87. The molecule has 0 aromatic heterocycles. The average molecular weight is 909 g/mol. The van der Waals surface area contributed by atoms with Crippen molar-refractivity contribution in [1.82, 2.24) is 0 Å². The molecule has 64 heavy (non-hydrogen) atoms. The summed E-state index contributed by atoms with van der Waals surface area (Å²) >= 11 is 0. The summed E-state index contributed by atoms with van der Waals surface area (Å²) in [5.74, 6) is -0.0795. The summed E-state index contributed by atoms with van der Waals surface area (Å²) in [6, 6.07) is 17.2. The van der Waals surface area contributed by atoms with Crippen molar-refractivity contribution in [3.8, 4) is 22.5 Å². The van der Waals surface area contributed by atoms with Gasteiger partial charge in [0.15, 0.2) is 0 Å². The van der Waals surface area contributed by atoms with Gasteiger partial charge in [-0.25, -0.2) is 4.99 Å². The lowest BCUT2D eigenvalue weighted by Gasteiger charge is -2.25. The van der Waals surface area contributed by atoms with Crippen LogP contribution in [0.25, 0.3) is 33.4 Å². The highest BCUT2D eigenvalue weighted by Gasteiger charge is 2.30. The van der Waals surface area contributed by atoms with E-state index >= 15 is 0 Å². The molecule has 0 fully saturated rings. The van der Waals surface area contributed by atoms with E-state index in [1.165, 1.54) is 30.3 Å². The monoisotopic (exact) mass is 908 g/mol. The summed E-state index contributed by atoms with van der Waals surface area (Å²) in [7, 11) is -9.80. The molecule has 13 nitrogen and oxygen atoms in total. The summed E-state index contributed by atoms with van der Waals surface area (Å²) in [5.41, 5.74) is 6.23. The largest absolute Gasteiger partial charge is 0.456 e. The zero-order valence-electron chi connectivity index (χ0n) is 38.3. The molecule has 1 heterocycles. The number of aryl methyl sites for hydroxylation is 4. The van der Waals surface area contributed by atoms with Crippen molar-refractivity contribution in [2.75, 3.05) is 16.0 Å². The van der Waals surface area contributed by atoms with E-state index in [2.05, 4.69) is 16.0 Å². The number of fused-ring (bicyclic) bond motifs is 2. The molecular weight excluding hydrogens is 853 g/mol. The van der Waals surface area contributed by atoms with E-state index in [1.807, 2.05) is 88.3 Å². The van der Waals surface area contributed by atoms with Gasteiger partial charge in [0, 0.05) is 62.1 Å². The van der Waals surface area contributed by atoms with E-state index in [1.54, 1.807) is 31.2 Å². The molecule has 0 bridgehead atoms. The van der Waals surface area contributed by atoms with E-state index in [-0.39, 0.29) is 45.4 Å². The van der Waals surface area contributed by atoms with Gasteiger partial charge in [0.05, 0.1) is 16.7 Å². The third-order valence-corrected chi connectivity index (χ3v) is 14.2. The van der Waals surface area contributed by atoms with Crippen molar-refractivity contribution < 1.29 is 39.9 Å². The fourth-order valence-corrected chi connectivity index (χ4v) is 9.09. The van der Waals surface area contributed by atoms with Crippen LogP contribution >= 0.6 is 0 Å². The summed E-state index contributed by atoms with van der Waals surface area (Å²) in [5, 5.41) is 9.92. The van der Waals surface area contributed by atoms with Crippen LogP contribution in [0.1, 0.15) is 87.8 Å². The molecular formula is C49H56N4O9S2. The standard InChI is InChI=1S/C49H56N4O9S2/c1-13-48(9,10)46(54)52-44-28(5)21-26(3)42(30(44)7)50-32-19-20-33-37(23-32)62-38-25-36(51-43-27(4)22-29(6)45(31(43)8)53-47(55)49(11,12)14-2)40(64(59,60)61)24-35(38)41(33)34-17-15-16-18-39(34)63(56,57)58/h15-25,51H,13-14H2,1-12H3,(H,52,54)(H,53,55)(H,56,57,58)(H,59,60,61)/b50-32-. The fraction of sp³-hybridized carbons (Fsp3) is 0.327. The molecule has 0 atom stereocenters. The van der Waals surface area contributed by atoms with Crippen molar-refractivity contribution in [2.45, 2.75) is 106 Å². The first-order chi connectivity index (χ1) is 29.7. The molecule has 15 heteroatoms. The van der Waals surface area contributed by atoms with E-state index in [4.69, 9.17) is 9.41 Å². The van der Waals surface area contributed by atoms with Crippen molar-refractivity contribution in [3.05, 3.63) is 105 Å². The Kier molecular flexibility index (Phi) is 12.8. The van der Waals surface area contributed by atoms with Crippen molar-refractivity contribution in [1.29, 1.82) is 0 Å². The molecule has 0 saturated carbocycles. The first-order valence-corrected chi connectivity index (χ1v) is 23.8. The number of rotatable bonds is 12. The van der Waals surface area contributed by atoms with Crippen LogP contribution < -0.4 is 21.3 Å². The number of anilines is 4. The van der Waals surface area contributed by atoms with Crippen LogP contribution in [0.5, 0.6) is 0 Å². The van der Waals surface area contributed by atoms with Crippen LogP contribution in [-0.2, 0) is 29.8 Å². The Bertz CT molecular complexity index is 3170.